The van der Waals surface area contributed by atoms with Gasteiger partial charge in [-0.05, 0) is 52.6 Å². The second kappa shape index (κ2) is 10.6. The minimum Gasteiger partial charge on any atom is -0.465 e. The molecule has 0 aliphatic carbocycles. The Morgan fingerprint density at radius 2 is 1.64 bits per heavy atom. The molecule has 3 aromatic rings. The van der Waals surface area contributed by atoms with Gasteiger partial charge in [-0.2, -0.15) is 0 Å². The van der Waals surface area contributed by atoms with Gasteiger partial charge in [-0.15, -0.1) is 6.58 Å². The summed E-state index contributed by atoms with van der Waals surface area (Å²) >= 11 is 0. The van der Waals surface area contributed by atoms with E-state index in [1.807, 2.05) is 6.08 Å². The normalized spacial score (nSPS) is 11.0. The molecule has 0 aliphatic heterocycles. The van der Waals surface area contributed by atoms with Crippen LogP contribution in [0, 0.1) is 0 Å². The van der Waals surface area contributed by atoms with Crippen LogP contribution in [0.2, 0.25) is 0 Å². The fourth-order valence-electron chi connectivity index (χ4n) is 3.62. The van der Waals surface area contributed by atoms with E-state index in [9.17, 15) is 4.79 Å². The van der Waals surface area contributed by atoms with E-state index in [0.717, 1.165) is 38.8 Å². The fraction of sp³-hybridized carbons (Fsp3) is 0.320. The number of benzene rings is 3. The molecule has 0 spiro atoms. The predicted octanol–water partition coefficient (Wildman–Crippen LogP) is 5.41. The SMILES string of the molecule is C=CCNCCCCCC(=O)OCCc1c2ccccc2cc2ccccc12. The highest BCUT2D eigenvalue weighted by Gasteiger charge is 2.09. The van der Waals surface area contributed by atoms with Crippen molar-refractivity contribution < 1.29 is 9.53 Å². The molecule has 1 N–H and O–H groups in total. The molecular weight excluding hydrogens is 346 g/mol. The maximum Gasteiger partial charge on any atom is 0.305 e. The lowest BCUT2D eigenvalue weighted by Crippen LogP contribution is -2.14. The molecule has 0 bridgehead atoms. The topological polar surface area (TPSA) is 38.3 Å². The fourth-order valence-corrected chi connectivity index (χ4v) is 3.62. The van der Waals surface area contributed by atoms with Gasteiger partial charge in [-0.1, -0.05) is 61.0 Å². The maximum absolute atomic E-state index is 12.0. The summed E-state index contributed by atoms with van der Waals surface area (Å²) in [7, 11) is 0. The van der Waals surface area contributed by atoms with Crippen LogP contribution in [0.1, 0.15) is 31.2 Å². The third-order valence-electron chi connectivity index (χ3n) is 5.02. The van der Waals surface area contributed by atoms with Crippen LogP contribution in [0.3, 0.4) is 0 Å². The van der Waals surface area contributed by atoms with Gasteiger partial charge in [0.1, 0.15) is 0 Å². The third kappa shape index (κ3) is 5.43. The van der Waals surface area contributed by atoms with Gasteiger partial charge in [0.25, 0.3) is 0 Å². The molecule has 0 heterocycles. The second-order valence-electron chi connectivity index (χ2n) is 7.07. The molecular formula is C25H29NO2. The Kier molecular flexibility index (Phi) is 7.62. The van der Waals surface area contributed by atoms with E-state index in [-0.39, 0.29) is 5.97 Å². The van der Waals surface area contributed by atoms with Gasteiger partial charge in [0.15, 0.2) is 0 Å². The van der Waals surface area contributed by atoms with Crippen LogP contribution in [0.25, 0.3) is 21.5 Å². The first-order valence-electron chi connectivity index (χ1n) is 10.2. The number of carbonyl (C=O) groups excluding carboxylic acids is 1. The van der Waals surface area contributed by atoms with Crippen LogP contribution in [-0.2, 0) is 16.0 Å². The van der Waals surface area contributed by atoms with E-state index < -0.39 is 0 Å². The smallest absolute Gasteiger partial charge is 0.305 e. The summed E-state index contributed by atoms with van der Waals surface area (Å²) in [6, 6.07) is 19.1. The molecule has 3 nitrogen and oxygen atoms in total. The number of esters is 1. The lowest BCUT2D eigenvalue weighted by molar-refractivity contribution is -0.143. The van der Waals surface area contributed by atoms with E-state index >= 15 is 0 Å². The van der Waals surface area contributed by atoms with E-state index in [1.54, 1.807) is 0 Å². The maximum atomic E-state index is 12.0. The van der Waals surface area contributed by atoms with Gasteiger partial charge in [0.2, 0.25) is 0 Å². The van der Waals surface area contributed by atoms with Crippen molar-refractivity contribution in [1.82, 2.24) is 5.32 Å². The zero-order valence-corrected chi connectivity index (χ0v) is 16.5. The molecule has 0 atom stereocenters. The second-order valence-corrected chi connectivity index (χ2v) is 7.07. The molecule has 28 heavy (non-hydrogen) atoms. The van der Waals surface area contributed by atoms with Crippen molar-refractivity contribution in [1.29, 1.82) is 0 Å². The Morgan fingerprint density at radius 3 is 2.32 bits per heavy atom. The van der Waals surface area contributed by atoms with Crippen LogP contribution in [0.4, 0.5) is 0 Å². The number of hydrogen-bond donors (Lipinski definition) is 1. The number of fused-ring (bicyclic) bond motifs is 2. The highest BCUT2D eigenvalue weighted by Crippen LogP contribution is 2.28. The molecule has 3 heteroatoms. The Bertz CT molecular complexity index is 878. The quantitative estimate of drug-likeness (QED) is 0.211. The molecule has 0 saturated heterocycles. The highest BCUT2D eigenvalue weighted by molar-refractivity contribution is 6.02. The molecule has 3 rings (SSSR count). The van der Waals surface area contributed by atoms with Gasteiger partial charge in [0.05, 0.1) is 6.61 Å². The summed E-state index contributed by atoms with van der Waals surface area (Å²) in [5, 5.41) is 8.21. The van der Waals surface area contributed by atoms with Gasteiger partial charge in [-0.25, -0.2) is 0 Å². The average Bonchev–Trinajstić information content (AvgIpc) is 2.72. The summed E-state index contributed by atoms with van der Waals surface area (Å²) in [6.07, 6.45) is 6.08. The molecule has 146 valence electrons. The van der Waals surface area contributed by atoms with Crippen LogP contribution in [0.15, 0.2) is 67.3 Å². The van der Waals surface area contributed by atoms with Crippen molar-refractivity contribution in [2.45, 2.75) is 32.1 Å². The van der Waals surface area contributed by atoms with E-state index in [1.165, 1.54) is 27.1 Å². The summed E-state index contributed by atoms with van der Waals surface area (Å²) < 4.78 is 5.52. The summed E-state index contributed by atoms with van der Waals surface area (Å²) in [5.74, 6) is -0.0939. The first-order chi connectivity index (χ1) is 13.8. The van der Waals surface area contributed by atoms with Gasteiger partial charge >= 0.3 is 5.97 Å². The minimum absolute atomic E-state index is 0.0939. The van der Waals surface area contributed by atoms with Crippen molar-refractivity contribution in [2.75, 3.05) is 19.7 Å². The predicted molar refractivity (Wildman–Crippen MR) is 118 cm³/mol. The Morgan fingerprint density at radius 1 is 0.964 bits per heavy atom. The molecule has 0 aromatic heterocycles. The number of nitrogens with one attached hydrogen (secondary N) is 1. The van der Waals surface area contributed by atoms with Crippen LogP contribution < -0.4 is 5.32 Å². The van der Waals surface area contributed by atoms with Crippen molar-refractivity contribution >= 4 is 27.5 Å². The molecule has 3 aromatic carbocycles. The van der Waals surface area contributed by atoms with Gasteiger partial charge in [0, 0.05) is 19.4 Å². The van der Waals surface area contributed by atoms with E-state index in [4.69, 9.17) is 4.74 Å². The molecule has 0 saturated carbocycles. The summed E-state index contributed by atoms with van der Waals surface area (Å²) in [5.41, 5.74) is 1.26. The van der Waals surface area contributed by atoms with Crippen molar-refractivity contribution in [3.05, 3.63) is 72.8 Å². The van der Waals surface area contributed by atoms with E-state index in [0.29, 0.717) is 13.0 Å². The first kappa shape index (κ1) is 20.1. The number of ether oxygens (including phenoxy) is 1. The molecule has 0 radical (unpaired) electrons. The van der Waals surface area contributed by atoms with Crippen molar-refractivity contribution in [3.8, 4) is 0 Å². The monoisotopic (exact) mass is 375 g/mol. The van der Waals surface area contributed by atoms with Crippen molar-refractivity contribution in [3.63, 3.8) is 0 Å². The molecule has 0 fully saturated rings. The van der Waals surface area contributed by atoms with Crippen molar-refractivity contribution in [2.24, 2.45) is 0 Å². The zero-order valence-electron chi connectivity index (χ0n) is 16.5. The van der Waals surface area contributed by atoms with E-state index in [2.05, 4.69) is 66.5 Å². The summed E-state index contributed by atoms with van der Waals surface area (Å²) in [4.78, 5) is 12.0. The minimum atomic E-state index is -0.0939. The number of rotatable bonds is 11. The standard InChI is InChI=1S/C25H29NO2/c1-2-16-26-17-9-3-4-14-25(27)28-18-15-24-22-12-7-5-10-20(22)19-21-11-6-8-13-23(21)24/h2,5-8,10-13,19,26H,1,3-4,9,14-18H2. The highest BCUT2D eigenvalue weighted by atomic mass is 16.5. The lowest BCUT2D eigenvalue weighted by Gasteiger charge is -2.12. The molecule has 0 amide bonds. The lowest BCUT2D eigenvalue weighted by atomic mass is 9.95. The van der Waals surface area contributed by atoms with Crippen LogP contribution >= 0.6 is 0 Å². The van der Waals surface area contributed by atoms with Crippen LogP contribution in [0.5, 0.6) is 0 Å². The molecule has 0 unspecified atom stereocenters. The number of unbranched alkanes of at least 4 members (excludes halogenated alkanes) is 2. The zero-order chi connectivity index (χ0) is 19.6. The van der Waals surface area contributed by atoms with Gasteiger partial charge < -0.3 is 10.1 Å². The Hall–Kier alpha value is -2.65. The number of carbonyl (C=O) groups is 1. The average molecular weight is 376 g/mol. The molecule has 0 aliphatic rings. The Labute approximate surface area is 167 Å². The Balaban J connectivity index is 1.52. The third-order valence-corrected chi connectivity index (χ3v) is 5.02. The van der Waals surface area contributed by atoms with Crippen LogP contribution in [-0.4, -0.2) is 25.7 Å². The first-order valence-corrected chi connectivity index (χ1v) is 10.2. The number of hydrogen-bond acceptors (Lipinski definition) is 3. The largest absolute Gasteiger partial charge is 0.465 e. The summed E-state index contributed by atoms with van der Waals surface area (Å²) in [6.45, 7) is 5.91. The van der Waals surface area contributed by atoms with Gasteiger partial charge in [-0.3, -0.25) is 4.79 Å².